The van der Waals surface area contributed by atoms with Crippen LogP contribution >= 0.6 is 22.9 Å². The summed E-state index contributed by atoms with van der Waals surface area (Å²) in [7, 11) is 0. The summed E-state index contributed by atoms with van der Waals surface area (Å²) >= 11 is 7.41. The van der Waals surface area contributed by atoms with Crippen LogP contribution in [-0.2, 0) is 6.54 Å². The number of rotatable bonds is 3. The van der Waals surface area contributed by atoms with Crippen LogP contribution in [0.15, 0.2) is 36.4 Å². The van der Waals surface area contributed by atoms with E-state index in [9.17, 15) is 0 Å². The van der Waals surface area contributed by atoms with Gasteiger partial charge >= 0.3 is 0 Å². The van der Waals surface area contributed by atoms with Gasteiger partial charge in [0.25, 0.3) is 0 Å². The second-order valence-corrected chi connectivity index (χ2v) is 4.95. The summed E-state index contributed by atoms with van der Waals surface area (Å²) in [6.07, 6.45) is 0. The van der Waals surface area contributed by atoms with Crippen LogP contribution in [0.3, 0.4) is 0 Å². The number of hydrogen-bond acceptors (Lipinski definition) is 3. The number of anilines is 2. The Kier molecular flexibility index (Phi) is 3.14. The van der Waals surface area contributed by atoms with Gasteiger partial charge in [-0.3, -0.25) is 0 Å². The van der Waals surface area contributed by atoms with Gasteiger partial charge in [-0.2, -0.15) is 0 Å². The molecule has 1 aromatic heterocycles. The molecule has 15 heavy (non-hydrogen) atoms. The van der Waals surface area contributed by atoms with Crippen molar-refractivity contribution in [3.8, 4) is 0 Å². The molecule has 2 rings (SSSR count). The van der Waals surface area contributed by atoms with Crippen LogP contribution in [0.1, 0.15) is 4.88 Å². The highest BCUT2D eigenvalue weighted by Gasteiger charge is 1.99. The third kappa shape index (κ3) is 2.64. The van der Waals surface area contributed by atoms with Crippen LogP contribution in [0, 0.1) is 0 Å². The van der Waals surface area contributed by atoms with Gasteiger partial charge in [-0.15, -0.1) is 11.3 Å². The van der Waals surface area contributed by atoms with Crippen LogP contribution in [0.4, 0.5) is 11.4 Å². The smallest absolute Gasteiger partial charge is 0.0931 e. The van der Waals surface area contributed by atoms with Crippen molar-refractivity contribution in [2.24, 2.45) is 0 Å². The van der Waals surface area contributed by atoms with Crippen LogP contribution < -0.4 is 11.1 Å². The van der Waals surface area contributed by atoms with E-state index in [0.717, 1.165) is 22.3 Å². The van der Waals surface area contributed by atoms with E-state index in [1.165, 1.54) is 4.88 Å². The van der Waals surface area contributed by atoms with E-state index in [-0.39, 0.29) is 0 Å². The number of hydrogen-bond donors (Lipinski definition) is 2. The van der Waals surface area contributed by atoms with Crippen LogP contribution in [-0.4, -0.2) is 0 Å². The highest BCUT2D eigenvalue weighted by atomic mass is 35.5. The van der Waals surface area contributed by atoms with Gasteiger partial charge in [-0.05, 0) is 24.3 Å². The summed E-state index contributed by atoms with van der Waals surface area (Å²) in [5, 5.41) is 3.27. The molecule has 2 nitrogen and oxygen atoms in total. The zero-order valence-electron chi connectivity index (χ0n) is 8.03. The van der Waals surface area contributed by atoms with Crippen molar-refractivity contribution in [3.05, 3.63) is 45.6 Å². The van der Waals surface area contributed by atoms with Crippen molar-refractivity contribution in [1.29, 1.82) is 0 Å². The largest absolute Gasteiger partial charge is 0.397 e. The predicted molar refractivity (Wildman–Crippen MR) is 67.5 cm³/mol. The van der Waals surface area contributed by atoms with E-state index in [0.29, 0.717) is 0 Å². The van der Waals surface area contributed by atoms with Gasteiger partial charge in [0.15, 0.2) is 0 Å². The zero-order chi connectivity index (χ0) is 10.7. The number of thiophene rings is 1. The normalized spacial score (nSPS) is 10.2. The van der Waals surface area contributed by atoms with Gasteiger partial charge in [0.2, 0.25) is 0 Å². The fraction of sp³-hybridized carbons (Fsp3) is 0.0909. The molecule has 0 spiro atoms. The Bertz CT molecular complexity index is 453. The lowest BCUT2D eigenvalue weighted by Gasteiger charge is -2.07. The van der Waals surface area contributed by atoms with Gasteiger partial charge in [0, 0.05) is 11.4 Å². The molecule has 0 fully saturated rings. The molecule has 2 aromatic rings. The van der Waals surface area contributed by atoms with Crippen molar-refractivity contribution in [2.45, 2.75) is 6.54 Å². The van der Waals surface area contributed by atoms with E-state index in [1.807, 2.05) is 36.4 Å². The van der Waals surface area contributed by atoms with Gasteiger partial charge in [0.05, 0.1) is 15.7 Å². The van der Waals surface area contributed by atoms with E-state index in [1.54, 1.807) is 11.3 Å². The number of para-hydroxylation sites is 2. The Morgan fingerprint density at radius 1 is 1.20 bits per heavy atom. The molecule has 1 heterocycles. The Morgan fingerprint density at radius 3 is 2.67 bits per heavy atom. The highest BCUT2D eigenvalue weighted by Crippen LogP contribution is 2.23. The highest BCUT2D eigenvalue weighted by molar-refractivity contribution is 7.16. The molecule has 78 valence electrons. The molecule has 0 aliphatic rings. The average Bonchev–Trinajstić information content (AvgIpc) is 2.63. The number of nitrogens with two attached hydrogens (primary N) is 1. The topological polar surface area (TPSA) is 38.0 Å². The van der Waals surface area contributed by atoms with E-state index in [2.05, 4.69) is 5.32 Å². The minimum atomic E-state index is 0.756. The van der Waals surface area contributed by atoms with Crippen LogP contribution in [0.2, 0.25) is 4.34 Å². The molecule has 0 radical (unpaired) electrons. The minimum Gasteiger partial charge on any atom is -0.397 e. The second-order valence-electron chi connectivity index (χ2n) is 3.15. The first kappa shape index (κ1) is 10.3. The predicted octanol–water partition coefficient (Wildman–Crippen LogP) is 3.60. The van der Waals surface area contributed by atoms with Crippen molar-refractivity contribution >= 4 is 34.3 Å². The molecule has 3 N–H and O–H groups in total. The molecule has 0 aliphatic heterocycles. The quantitative estimate of drug-likeness (QED) is 0.802. The lowest BCUT2D eigenvalue weighted by atomic mass is 10.2. The molecular formula is C11H11ClN2S. The molecule has 0 saturated heterocycles. The van der Waals surface area contributed by atoms with Gasteiger partial charge < -0.3 is 11.1 Å². The monoisotopic (exact) mass is 238 g/mol. The van der Waals surface area contributed by atoms with Crippen LogP contribution in [0.5, 0.6) is 0 Å². The Labute approximate surface area is 97.7 Å². The molecule has 1 aromatic carbocycles. The SMILES string of the molecule is Nc1ccccc1NCc1ccc(Cl)s1. The standard InChI is InChI=1S/C11H11ClN2S/c12-11-6-5-8(15-11)7-14-10-4-2-1-3-9(10)13/h1-6,14H,7,13H2. The summed E-state index contributed by atoms with van der Waals surface area (Å²) in [4.78, 5) is 1.20. The Morgan fingerprint density at radius 2 is 2.00 bits per heavy atom. The lowest BCUT2D eigenvalue weighted by molar-refractivity contribution is 1.19. The number of benzene rings is 1. The Balaban J connectivity index is 2.02. The van der Waals surface area contributed by atoms with Gasteiger partial charge in [-0.1, -0.05) is 23.7 Å². The summed E-state index contributed by atoms with van der Waals surface area (Å²) in [5.74, 6) is 0. The molecule has 0 bridgehead atoms. The lowest BCUT2D eigenvalue weighted by Crippen LogP contribution is -2.00. The fourth-order valence-corrected chi connectivity index (χ4v) is 2.31. The number of nitrogen functional groups attached to an aromatic ring is 1. The van der Waals surface area contributed by atoms with Crippen molar-refractivity contribution in [1.82, 2.24) is 0 Å². The second kappa shape index (κ2) is 4.55. The third-order valence-electron chi connectivity index (χ3n) is 2.04. The van der Waals surface area contributed by atoms with Gasteiger partial charge in [-0.25, -0.2) is 0 Å². The maximum atomic E-state index is 5.84. The minimum absolute atomic E-state index is 0.756. The number of halogens is 1. The van der Waals surface area contributed by atoms with E-state index in [4.69, 9.17) is 17.3 Å². The third-order valence-corrected chi connectivity index (χ3v) is 3.27. The molecule has 0 unspecified atom stereocenters. The first-order valence-corrected chi connectivity index (χ1v) is 5.78. The van der Waals surface area contributed by atoms with E-state index >= 15 is 0 Å². The average molecular weight is 239 g/mol. The molecule has 0 aliphatic carbocycles. The van der Waals surface area contributed by atoms with Gasteiger partial charge in [0.1, 0.15) is 0 Å². The molecule has 4 heteroatoms. The van der Waals surface area contributed by atoms with Crippen molar-refractivity contribution in [2.75, 3.05) is 11.1 Å². The summed E-state index contributed by atoms with van der Waals surface area (Å²) in [6.45, 7) is 0.756. The molecule has 0 saturated carbocycles. The van der Waals surface area contributed by atoms with Crippen molar-refractivity contribution < 1.29 is 0 Å². The first-order valence-electron chi connectivity index (χ1n) is 4.58. The number of nitrogens with one attached hydrogen (secondary N) is 1. The first-order chi connectivity index (χ1) is 7.25. The molecule has 0 amide bonds. The summed E-state index contributed by atoms with van der Waals surface area (Å²) in [6, 6.07) is 11.6. The fourth-order valence-electron chi connectivity index (χ4n) is 1.29. The summed E-state index contributed by atoms with van der Waals surface area (Å²) < 4.78 is 0.813. The summed E-state index contributed by atoms with van der Waals surface area (Å²) in [5.41, 5.74) is 7.53. The van der Waals surface area contributed by atoms with Crippen molar-refractivity contribution in [3.63, 3.8) is 0 Å². The maximum Gasteiger partial charge on any atom is 0.0931 e. The zero-order valence-corrected chi connectivity index (χ0v) is 9.61. The van der Waals surface area contributed by atoms with E-state index < -0.39 is 0 Å². The maximum absolute atomic E-state index is 5.84. The molecule has 0 atom stereocenters. The Hall–Kier alpha value is -1.19. The van der Waals surface area contributed by atoms with Crippen LogP contribution in [0.25, 0.3) is 0 Å². The molecular weight excluding hydrogens is 228 g/mol.